The molecule has 1 N–H and O–H groups in total. The van der Waals surface area contributed by atoms with Gasteiger partial charge < -0.3 is 10.1 Å². The summed E-state index contributed by atoms with van der Waals surface area (Å²) in [7, 11) is 0. The lowest BCUT2D eigenvalue weighted by Gasteiger charge is -2.26. The summed E-state index contributed by atoms with van der Waals surface area (Å²) in [6.45, 7) is 7.31. The first kappa shape index (κ1) is 13.9. The summed E-state index contributed by atoms with van der Waals surface area (Å²) in [6, 6.07) is 8.21. The van der Waals surface area contributed by atoms with Gasteiger partial charge in [0.15, 0.2) is 0 Å². The maximum atomic E-state index is 11.8. The molecule has 0 aliphatic carbocycles. The van der Waals surface area contributed by atoms with Gasteiger partial charge in [-0.1, -0.05) is 39.0 Å². The van der Waals surface area contributed by atoms with E-state index in [9.17, 15) is 4.79 Å². The van der Waals surface area contributed by atoms with Gasteiger partial charge in [-0.3, -0.25) is 4.79 Å². The van der Waals surface area contributed by atoms with Crippen LogP contribution in [0.2, 0.25) is 0 Å². The molecule has 0 saturated heterocycles. The third-order valence-corrected chi connectivity index (χ3v) is 3.54. The lowest BCUT2D eigenvalue weighted by atomic mass is 9.90. The van der Waals surface area contributed by atoms with Crippen molar-refractivity contribution in [2.45, 2.75) is 39.5 Å². The smallest absolute Gasteiger partial charge is 0.225 e. The van der Waals surface area contributed by atoms with E-state index in [1.165, 1.54) is 5.56 Å². The van der Waals surface area contributed by atoms with E-state index < -0.39 is 0 Å². The standard InChI is InChI=1S/C16H23NO2/c1-16(2,3)15(18)17-10-8-12-9-11-19-14-7-5-4-6-13(12)14/h4-7,12H,8-11H2,1-3H3,(H,17,18). The third-order valence-electron chi connectivity index (χ3n) is 3.54. The van der Waals surface area contributed by atoms with Crippen molar-refractivity contribution in [2.24, 2.45) is 5.41 Å². The van der Waals surface area contributed by atoms with Gasteiger partial charge in [0.05, 0.1) is 6.61 Å². The Bertz CT molecular complexity index is 448. The van der Waals surface area contributed by atoms with Gasteiger partial charge >= 0.3 is 0 Å². The highest BCUT2D eigenvalue weighted by Crippen LogP contribution is 2.35. The summed E-state index contributed by atoms with van der Waals surface area (Å²) in [5.74, 6) is 1.61. The number of rotatable bonds is 3. The monoisotopic (exact) mass is 261 g/mol. The van der Waals surface area contributed by atoms with Crippen LogP contribution in [-0.4, -0.2) is 19.1 Å². The molecule has 3 heteroatoms. The first-order chi connectivity index (χ1) is 8.98. The molecule has 0 bridgehead atoms. The Kier molecular flexibility index (Phi) is 4.13. The molecule has 1 amide bonds. The molecule has 104 valence electrons. The minimum atomic E-state index is -0.312. The van der Waals surface area contributed by atoms with Crippen molar-refractivity contribution >= 4 is 5.91 Å². The van der Waals surface area contributed by atoms with Crippen LogP contribution in [0.3, 0.4) is 0 Å². The summed E-state index contributed by atoms with van der Waals surface area (Å²) in [4.78, 5) is 11.8. The SMILES string of the molecule is CC(C)(C)C(=O)NCCC1CCOc2ccccc21. The summed E-state index contributed by atoms with van der Waals surface area (Å²) in [5, 5.41) is 3.02. The van der Waals surface area contributed by atoms with E-state index >= 15 is 0 Å². The number of ether oxygens (including phenoxy) is 1. The fourth-order valence-electron chi connectivity index (χ4n) is 2.34. The molecule has 0 radical (unpaired) electrons. The first-order valence-electron chi connectivity index (χ1n) is 6.98. The molecule has 2 rings (SSSR count). The van der Waals surface area contributed by atoms with Crippen LogP contribution in [0.15, 0.2) is 24.3 Å². The average molecular weight is 261 g/mol. The normalized spacial score (nSPS) is 18.4. The van der Waals surface area contributed by atoms with Crippen LogP contribution in [-0.2, 0) is 4.79 Å². The minimum Gasteiger partial charge on any atom is -0.493 e. The molecule has 19 heavy (non-hydrogen) atoms. The Balaban J connectivity index is 1.90. The topological polar surface area (TPSA) is 38.3 Å². The van der Waals surface area contributed by atoms with Crippen molar-refractivity contribution in [3.05, 3.63) is 29.8 Å². The molecule has 1 unspecified atom stereocenters. The number of hydrogen-bond acceptors (Lipinski definition) is 2. The van der Waals surface area contributed by atoms with Gasteiger partial charge in [0, 0.05) is 12.0 Å². The van der Waals surface area contributed by atoms with Crippen molar-refractivity contribution in [3.8, 4) is 5.75 Å². The van der Waals surface area contributed by atoms with Gasteiger partial charge in [-0.25, -0.2) is 0 Å². The van der Waals surface area contributed by atoms with Crippen molar-refractivity contribution in [3.63, 3.8) is 0 Å². The Morgan fingerprint density at radius 3 is 2.84 bits per heavy atom. The molecule has 0 spiro atoms. The maximum Gasteiger partial charge on any atom is 0.225 e. The highest BCUT2D eigenvalue weighted by Gasteiger charge is 2.23. The molecule has 1 aromatic rings. The average Bonchev–Trinajstić information content (AvgIpc) is 2.38. The molecule has 1 atom stereocenters. The zero-order valence-electron chi connectivity index (χ0n) is 12.0. The van der Waals surface area contributed by atoms with Gasteiger partial charge in [-0.05, 0) is 30.4 Å². The number of amides is 1. The van der Waals surface area contributed by atoms with Crippen LogP contribution in [0.1, 0.15) is 45.1 Å². The molecule has 0 aromatic heterocycles. The van der Waals surface area contributed by atoms with Gasteiger partial charge in [-0.15, -0.1) is 0 Å². The molecule has 3 nitrogen and oxygen atoms in total. The zero-order chi connectivity index (χ0) is 13.9. The van der Waals surface area contributed by atoms with E-state index in [0.29, 0.717) is 5.92 Å². The molecular formula is C16H23NO2. The van der Waals surface area contributed by atoms with Crippen molar-refractivity contribution < 1.29 is 9.53 Å². The predicted molar refractivity (Wildman–Crippen MR) is 76.4 cm³/mol. The quantitative estimate of drug-likeness (QED) is 0.908. The summed E-state index contributed by atoms with van der Waals surface area (Å²) < 4.78 is 5.65. The number of para-hydroxylation sites is 1. The fraction of sp³-hybridized carbons (Fsp3) is 0.562. The molecule has 1 heterocycles. The molecule has 1 aromatic carbocycles. The Morgan fingerprint density at radius 1 is 1.37 bits per heavy atom. The van der Waals surface area contributed by atoms with Crippen molar-refractivity contribution in [1.29, 1.82) is 0 Å². The van der Waals surface area contributed by atoms with Crippen LogP contribution in [0.25, 0.3) is 0 Å². The van der Waals surface area contributed by atoms with Gasteiger partial charge in [0.25, 0.3) is 0 Å². The van der Waals surface area contributed by atoms with Crippen LogP contribution in [0, 0.1) is 5.41 Å². The Hall–Kier alpha value is -1.51. The second-order valence-corrected chi connectivity index (χ2v) is 6.17. The highest BCUT2D eigenvalue weighted by atomic mass is 16.5. The fourth-order valence-corrected chi connectivity index (χ4v) is 2.34. The second-order valence-electron chi connectivity index (χ2n) is 6.17. The lowest BCUT2D eigenvalue weighted by molar-refractivity contribution is -0.128. The molecule has 1 aliphatic rings. The second kappa shape index (κ2) is 5.64. The number of nitrogens with one attached hydrogen (secondary N) is 1. The van der Waals surface area contributed by atoms with E-state index in [4.69, 9.17) is 4.74 Å². The van der Waals surface area contributed by atoms with E-state index in [2.05, 4.69) is 11.4 Å². The third kappa shape index (κ3) is 3.49. The number of hydrogen-bond donors (Lipinski definition) is 1. The first-order valence-corrected chi connectivity index (χ1v) is 6.98. The summed E-state index contributed by atoms with van der Waals surface area (Å²) >= 11 is 0. The van der Waals surface area contributed by atoms with E-state index in [1.54, 1.807) is 0 Å². The van der Waals surface area contributed by atoms with Crippen LogP contribution in [0.4, 0.5) is 0 Å². The highest BCUT2D eigenvalue weighted by molar-refractivity contribution is 5.81. The largest absolute Gasteiger partial charge is 0.493 e. The number of benzene rings is 1. The number of carbonyl (C=O) groups is 1. The lowest BCUT2D eigenvalue weighted by Crippen LogP contribution is -2.36. The molecular weight excluding hydrogens is 238 g/mol. The van der Waals surface area contributed by atoms with E-state index in [0.717, 1.165) is 31.7 Å². The van der Waals surface area contributed by atoms with Crippen LogP contribution >= 0.6 is 0 Å². The molecule has 0 saturated carbocycles. The summed E-state index contributed by atoms with van der Waals surface area (Å²) in [6.07, 6.45) is 2.00. The minimum absolute atomic E-state index is 0.118. The Labute approximate surface area is 115 Å². The van der Waals surface area contributed by atoms with E-state index in [-0.39, 0.29) is 11.3 Å². The van der Waals surface area contributed by atoms with E-state index in [1.807, 2.05) is 39.0 Å². The number of fused-ring (bicyclic) bond motifs is 1. The van der Waals surface area contributed by atoms with Gasteiger partial charge in [0.2, 0.25) is 5.91 Å². The van der Waals surface area contributed by atoms with Gasteiger partial charge in [0.1, 0.15) is 5.75 Å². The Morgan fingerprint density at radius 2 is 2.11 bits per heavy atom. The van der Waals surface area contributed by atoms with Gasteiger partial charge in [-0.2, -0.15) is 0 Å². The molecule has 0 fully saturated rings. The van der Waals surface area contributed by atoms with Crippen LogP contribution in [0.5, 0.6) is 5.75 Å². The molecule has 1 aliphatic heterocycles. The zero-order valence-corrected chi connectivity index (χ0v) is 12.0. The van der Waals surface area contributed by atoms with Crippen LogP contribution < -0.4 is 10.1 Å². The van der Waals surface area contributed by atoms with Crippen molar-refractivity contribution in [1.82, 2.24) is 5.32 Å². The summed E-state index contributed by atoms with van der Waals surface area (Å²) in [5.41, 5.74) is 0.965. The number of carbonyl (C=O) groups excluding carboxylic acids is 1. The predicted octanol–water partition coefficient (Wildman–Crippen LogP) is 3.11. The van der Waals surface area contributed by atoms with Crippen molar-refractivity contribution in [2.75, 3.05) is 13.2 Å². The maximum absolute atomic E-state index is 11.8.